The van der Waals surface area contributed by atoms with E-state index in [0.717, 1.165) is 48.2 Å². The molecule has 1 atom stereocenters. The Morgan fingerprint density at radius 3 is 3.18 bits per heavy atom. The van der Waals surface area contributed by atoms with E-state index < -0.39 is 0 Å². The molecule has 0 bridgehead atoms. The van der Waals surface area contributed by atoms with Crippen LogP contribution >= 0.6 is 0 Å². The van der Waals surface area contributed by atoms with Crippen molar-refractivity contribution < 1.29 is 9.47 Å². The van der Waals surface area contributed by atoms with Crippen molar-refractivity contribution in [3.63, 3.8) is 0 Å². The molecule has 4 rings (SSSR count). The van der Waals surface area contributed by atoms with Gasteiger partial charge in [0.15, 0.2) is 11.5 Å². The number of para-hydroxylation sites is 1. The van der Waals surface area contributed by atoms with Crippen molar-refractivity contribution in [2.75, 3.05) is 6.79 Å². The largest absolute Gasteiger partial charge is 0.454 e. The van der Waals surface area contributed by atoms with Gasteiger partial charge in [0.05, 0.1) is 6.04 Å². The van der Waals surface area contributed by atoms with Gasteiger partial charge < -0.3 is 19.4 Å². The third-order valence-electron chi connectivity index (χ3n) is 4.35. The molecule has 0 saturated heterocycles. The monoisotopic (exact) mass is 300 g/mol. The van der Waals surface area contributed by atoms with Crippen molar-refractivity contribution in [2.24, 2.45) is 0 Å². The van der Waals surface area contributed by atoms with Gasteiger partial charge in [-0.2, -0.15) is 0 Å². The fourth-order valence-corrected chi connectivity index (χ4v) is 3.14. The van der Waals surface area contributed by atoms with Crippen LogP contribution in [0, 0.1) is 0 Å². The first-order valence-electron chi connectivity index (χ1n) is 7.86. The molecule has 2 aromatic rings. The fourth-order valence-electron chi connectivity index (χ4n) is 3.14. The predicted molar refractivity (Wildman–Crippen MR) is 80.8 cm³/mol. The van der Waals surface area contributed by atoms with E-state index >= 15 is 0 Å². The standard InChI is InChI=1S/C16H20N4O2/c1-11(16-19-18-14-7-2-3-8-20(14)16)17-9-12-5-4-6-13-15(12)22-10-21-13/h4-6,11,17H,2-3,7-10H2,1H3. The van der Waals surface area contributed by atoms with Crippen molar-refractivity contribution in [3.05, 3.63) is 35.4 Å². The molecule has 0 spiro atoms. The summed E-state index contributed by atoms with van der Waals surface area (Å²) >= 11 is 0. The van der Waals surface area contributed by atoms with Gasteiger partial charge in [-0.15, -0.1) is 10.2 Å². The van der Waals surface area contributed by atoms with Crippen LogP contribution in [-0.2, 0) is 19.5 Å². The van der Waals surface area contributed by atoms with E-state index in [1.807, 2.05) is 12.1 Å². The van der Waals surface area contributed by atoms with Crippen LogP contribution in [0.5, 0.6) is 11.5 Å². The average Bonchev–Trinajstić information content (AvgIpc) is 3.19. The molecule has 1 aromatic heterocycles. The molecule has 0 fully saturated rings. The maximum Gasteiger partial charge on any atom is 0.231 e. The highest BCUT2D eigenvalue weighted by molar-refractivity contribution is 5.48. The molecule has 0 saturated carbocycles. The second-order valence-corrected chi connectivity index (χ2v) is 5.84. The van der Waals surface area contributed by atoms with E-state index in [1.165, 1.54) is 12.8 Å². The Balaban J connectivity index is 1.48. The zero-order valence-corrected chi connectivity index (χ0v) is 12.7. The van der Waals surface area contributed by atoms with Gasteiger partial charge in [0.25, 0.3) is 0 Å². The van der Waals surface area contributed by atoms with Crippen LogP contribution in [0.3, 0.4) is 0 Å². The number of aromatic nitrogens is 3. The number of ether oxygens (including phenoxy) is 2. The zero-order chi connectivity index (χ0) is 14.9. The summed E-state index contributed by atoms with van der Waals surface area (Å²) in [7, 11) is 0. The molecule has 116 valence electrons. The van der Waals surface area contributed by atoms with Crippen molar-refractivity contribution >= 4 is 0 Å². The smallest absolute Gasteiger partial charge is 0.231 e. The molecule has 6 heteroatoms. The van der Waals surface area contributed by atoms with Crippen molar-refractivity contribution in [2.45, 2.75) is 45.3 Å². The quantitative estimate of drug-likeness (QED) is 0.938. The van der Waals surface area contributed by atoms with Crippen LogP contribution in [0.4, 0.5) is 0 Å². The zero-order valence-electron chi connectivity index (χ0n) is 12.7. The summed E-state index contributed by atoms with van der Waals surface area (Å²) in [5.41, 5.74) is 1.11. The Morgan fingerprint density at radius 2 is 2.23 bits per heavy atom. The first kappa shape index (κ1) is 13.6. The van der Waals surface area contributed by atoms with Crippen molar-refractivity contribution in [3.8, 4) is 11.5 Å². The summed E-state index contributed by atoms with van der Waals surface area (Å²) in [4.78, 5) is 0. The summed E-state index contributed by atoms with van der Waals surface area (Å²) in [5, 5.41) is 12.2. The maximum absolute atomic E-state index is 5.55. The normalized spacial score (nSPS) is 17.3. The topological polar surface area (TPSA) is 61.2 Å². The highest BCUT2D eigenvalue weighted by Gasteiger charge is 2.21. The number of nitrogens with zero attached hydrogens (tertiary/aromatic N) is 3. The third-order valence-corrected chi connectivity index (χ3v) is 4.35. The maximum atomic E-state index is 5.55. The lowest BCUT2D eigenvalue weighted by molar-refractivity contribution is 0.173. The molecular weight excluding hydrogens is 280 g/mol. The Hall–Kier alpha value is -2.08. The number of hydrogen-bond donors (Lipinski definition) is 1. The van der Waals surface area contributed by atoms with Gasteiger partial charge in [0.1, 0.15) is 11.6 Å². The second-order valence-electron chi connectivity index (χ2n) is 5.84. The SMILES string of the molecule is CC(NCc1cccc2c1OCO2)c1nnc2n1CCCC2. The average molecular weight is 300 g/mol. The lowest BCUT2D eigenvalue weighted by Gasteiger charge is -2.19. The van der Waals surface area contributed by atoms with Gasteiger partial charge >= 0.3 is 0 Å². The number of fused-ring (bicyclic) bond motifs is 2. The number of nitrogens with one attached hydrogen (secondary N) is 1. The molecule has 2 aliphatic heterocycles. The number of aryl methyl sites for hydroxylation is 1. The van der Waals surface area contributed by atoms with Crippen molar-refractivity contribution in [1.29, 1.82) is 0 Å². The summed E-state index contributed by atoms with van der Waals surface area (Å²) < 4.78 is 13.2. The number of rotatable bonds is 4. The van der Waals surface area contributed by atoms with Gasteiger partial charge in [-0.05, 0) is 25.8 Å². The predicted octanol–water partition coefficient (Wildman–Crippen LogP) is 2.19. The highest BCUT2D eigenvalue weighted by Crippen LogP contribution is 2.35. The fraction of sp³-hybridized carbons (Fsp3) is 0.500. The van der Waals surface area contributed by atoms with Crippen LogP contribution in [-0.4, -0.2) is 21.6 Å². The minimum absolute atomic E-state index is 0.150. The Kier molecular flexibility index (Phi) is 3.46. The molecule has 22 heavy (non-hydrogen) atoms. The molecule has 0 aliphatic carbocycles. The highest BCUT2D eigenvalue weighted by atomic mass is 16.7. The lowest BCUT2D eigenvalue weighted by Crippen LogP contribution is -2.23. The number of benzene rings is 1. The lowest BCUT2D eigenvalue weighted by atomic mass is 10.1. The number of hydrogen-bond acceptors (Lipinski definition) is 5. The van der Waals surface area contributed by atoms with Crippen LogP contribution in [0.15, 0.2) is 18.2 Å². The minimum atomic E-state index is 0.150. The summed E-state index contributed by atoms with van der Waals surface area (Å²) in [6.45, 7) is 4.18. The molecule has 6 nitrogen and oxygen atoms in total. The van der Waals surface area contributed by atoms with Crippen LogP contribution in [0.1, 0.15) is 43.0 Å². The third kappa shape index (κ3) is 2.33. The Labute approximate surface area is 129 Å². The van der Waals surface area contributed by atoms with E-state index in [2.05, 4.69) is 33.1 Å². The molecule has 1 aromatic carbocycles. The summed E-state index contributed by atoms with van der Waals surface area (Å²) in [6, 6.07) is 6.14. The molecule has 0 radical (unpaired) electrons. The van der Waals surface area contributed by atoms with Gasteiger partial charge in [0.2, 0.25) is 6.79 Å². The Bertz CT molecular complexity index is 683. The molecule has 3 heterocycles. The van der Waals surface area contributed by atoms with E-state index in [9.17, 15) is 0 Å². The van der Waals surface area contributed by atoms with E-state index in [4.69, 9.17) is 9.47 Å². The van der Waals surface area contributed by atoms with Crippen LogP contribution < -0.4 is 14.8 Å². The van der Waals surface area contributed by atoms with E-state index in [0.29, 0.717) is 6.79 Å². The summed E-state index contributed by atoms with van der Waals surface area (Å²) in [6.07, 6.45) is 3.46. The van der Waals surface area contributed by atoms with Gasteiger partial charge in [-0.25, -0.2) is 0 Å². The van der Waals surface area contributed by atoms with Gasteiger partial charge in [-0.3, -0.25) is 0 Å². The Morgan fingerprint density at radius 1 is 1.27 bits per heavy atom. The van der Waals surface area contributed by atoms with Crippen LogP contribution in [0.2, 0.25) is 0 Å². The first-order valence-corrected chi connectivity index (χ1v) is 7.86. The molecule has 0 amide bonds. The van der Waals surface area contributed by atoms with E-state index in [1.54, 1.807) is 0 Å². The minimum Gasteiger partial charge on any atom is -0.454 e. The van der Waals surface area contributed by atoms with Crippen LogP contribution in [0.25, 0.3) is 0 Å². The summed E-state index contributed by atoms with van der Waals surface area (Å²) in [5.74, 6) is 3.82. The van der Waals surface area contributed by atoms with Gasteiger partial charge in [0, 0.05) is 25.1 Å². The first-order chi connectivity index (χ1) is 10.8. The van der Waals surface area contributed by atoms with E-state index in [-0.39, 0.29) is 6.04 Å². The molecular formula is C16H20N4O2. The molecule has 1 unspecified atom stereocenters. The van der Waals surface area contributed by atoms with Gasteiger partial charge in [-0.1, -0.05) is 12.1 Å². The van der Waals surface area contributed by atoms with Crippen molar-refractivity contribution in [1.82, 2.24) is 20.1 Å². The molecule has 1 N–H and O–H groups in total. The molecule has 2 aliphatic rings. The second kappa shape index (κ2) is 5.61.